The molecule has 5 amide bonds. The van der Waals surface area contributed by atoms with Crippen LogP contribution in [-0.4, -0.2) is 92.6 Å². The number of aromatic nitrogens is 3. The van der Waals surface area contributed by atoms with Gasteiger partial charge in [0.2, 0.25) is 12.3 Å². The number of phenolic OH excluding ortho intramolecular Hbond substituents is 2. The molecular weight excluding hydrogens is 893 g/mol. The Labute approximate surface area is 397 Å². The molecule has 0 aliphatic heterocycles. The Morgan fingerprint density at radius 1 is 0.681 bits per heavy atom. The van der Waals surface area contributed by atoms with E-state index in [4.69, 9.17) is 14.6 Å². The van der Waals surface area contributed by atoms with Crippen LogP contribution in [0.25, 0.3) is 6.08 Å². The van der Waals surface area contributed by atoms with E-state index < -0.39 is 46.7 Å². The van der Waals surface area contributed by atoms with E-state index in [9.17, 15) is 44.1 Å². The first kappa shape index (κ1) is 54.1. The second-order valence-electron chi connectivity index (χ2n) is 14.3. The van der Waals surface area contributed by atoms with Crippen LogP contribution in [0, 0.1) is 13.8 Å². The van der Waals surface area contributed by atoms with Gasteiger partial charge in [-0.05, 0) is 118 Å². The second-order valence-corrected chi connectivity index (χ2v) is 14.3. The third kappa shape index (κ3) is 16.0. The Balaban J connectivity index is 0.000000548. The van der Waals surface area contributed by atoms with Gasteiger partial charge in [-0.2, -0.15) is 15.4 Å². The molecule has 0 spiro atoms. The molecule has 0 radical (unpaired) electrons. The van der Waals surface area contributed by atoms with Crippen molar-refractivity contribution >= 4 is 64.8 Å². The molecule has 0 unspecified atom stereocenters. The molecule has 20 heteroatoms. The lowest BCUT2D eigenvalue weighted by atomic mass is 10.1. The highest BCUT2D eigenvalue weighted by Crippen LogP contribution is 2.40. The first-order valence-electron chi connectivity index (χ1n) is 20.9. The van der Waals surface area contributed by atoms with Crippen LogP contribution in [0.4, 0.5) is 22.7 Å². The molecule has 0 saturated carbocycles. The fourth-order valence-electron chi connectivity index (χ4n) is 5.90. The Hall–Kier alpha value is -9.20. The number of nitrogens with zero attached hydrogens (tertiary/aromatic N) is 2. The molecule has 69 heavy (non-hydrogen) atoms. The molecule has 0 aliphatic carbocycles. The van der Waals surface area contributed by atoms with E-state index in [2.05, 4.69) is 48.1 Å². The van der Waals surface area contributed by atoms with Crippen LogP contribution in [0.15, 0.2) is 103 Å². The lowest BCUT2D eigenvalue weighted by Gasteiger charge is -2.16. The highest BCUT2D eigenvalue weighted by atomic mass is 16.5. The number of H-pyrrole nitrogens is 1. The average Bonchev–Trinajstić information content (AvgIpc) is 3.81. The highest BCUT2D eigenvalue weighted by Gasteiger charge is 2.24. The third-order valence-electron chi connectivity index (χ3n) is 9.06. The fraction of sp³-hybridized carbons (Fsp3) is 0.184. The van der Waals surface area contributed by atoms with E-state index in [0.717, 1.165) is 17.3 Å². The Morgan fingerprint density at radius 2 is 1.22 bits per heavy atom. The molecule has 1 aromatic heterocycles. The van der Waals surface area contributed by atoms with E-state index in [-0.39, 0.29) is 46.1 Å². The number of anilines is 4. The molecule has 0 fully saturated rings. The summed E-state index contributed by atoms with van der Waals surface area (Å²) in [6.45, 7) is 11.3. The van der Waals surface area contributed by atoms with Crippen molar-refractivity contribution in [3.05, 3.63) is 142 Å². The van der Waals surface area contributed by atoms with Crippen molar-refractivity contribution in [3.8, 4) is 28.7 Å². The molecule has 0 atom stereocenters. The zero-order valence-electron chi connectivity index (χ0n) is 39.0. The van der Waals surface area contributed by atoms with Gasteiger partial charge >= 0.3 is 5.97 Å². The van der Waals surface area contributed by atoms with Gasteiger partial charge in [-0.25, -0.2) is 4.79 Å². The van der Waals surface area contributed by atoms with Crippen LogP contribution in [0.5, 0.6) is 28.7 Å². The molecule has 10 N–H and O–H groups in total. The first-order chi connectivity index (χ1) is 32.9. The van der Waals surface area contributed by atoms with Crippen molar-refractivity contribution in [1.82, 2.24) is 20.7 Å². The number of carbonyl (C=O) groups excluding carboxylic acids is 5. The van der Waals surface area contributed by atoms with E-state index in [0.29, 0.717) is 29.1 Å². The summed E-state index contributed by atoms with van der Waals surface area (Å²) in [6, 6.07) is 22.5. The summed E-state index contributed by atoms with van der Waals surface area (Å²) < 4.78 is 10.3. The van der Waals surface area contributed by atoms with E-state index in [1.165, 1.54) is 74.4 Å². The van der Waals surface area contributed by atoms with Gasteiger partial charge in [-0.3, -0.25) is 24.0 Å². The number of allylic oxidation sites excluding steroid dienone is 1. The number of hydrogen-bond acceptors (Lipinski definition) is 13. The maximum Gasteiger partial charge on any atom is 0.339 e. The van der Waals surface area contributed by atoms with E-state index >= 15 is 0 Å². The summed E-state index contributed by atoms with van der Waals surface area (Å²) in [5.74, 6) is -5.46. The minimum atomic E-state index is -1.41. The Bertz CT molecular complexity index is 2750. The van der Waals surface area contributed by atoms with Crippen LogP contribution in [0.2, 0.25) is 0 Å². The van der Waals surface area contributed by atoms with Gasteiger partial charge < -0.3 is 56.5 Å². The van der Waals surface area contributed by atoms with Crippen molar-refractivity contribution in [2.45, 2.75) is 41.5 Å². The van der Waals surface area contributed by atoms with Crippen LogP contribution in [0.3, 0.4) is 0 Å². The predicted molar refractivity (Wildman–Crippen MR) is 260 cm³/mol. The summed E-state index contributed by atoms with van der Waals surface area (Å²) in [6.07, 6.45) is 4.24. The smallest absolute Gasteiger partial charge is 0.339 e. The van der Waals surface area contributed by atoms with Crippen molar-refractivity contribution < 1.29 is 58.7 Å². The van der Waals surface area contributed by atoms with Crippen molar-refractivity contribution in [1.29, 1.82) is 0 Å². The van der Waals surface area contributed by atoms with Crippen LogP contribution in [0.1, 0.15) is 85.9 Å². The topological polar surface area (TPSA) is 304 Å². The van der Waals surface area contributed by atoms with Crippen LogP contribution >= 0.6 is 0 Å². The third-order valence-corrected chi connectivity index (χ3v) is 9.06. The molecule has 1 heterocycles. The number of rotatable bonds is 14. The number of carbonyl (C=O) groups is 6. The van der Waals surface area contributed by atoms with Crippen LogP contribution < -0.4 is 36.1 Å². The van der Waals surface area contributed by atoms with Gasteiger partial charge in [0.05, 0.1) is 49.6 Å². The quantitative estimate of drug-likeness (QED) is 0.0473. The standard InChI is InChI=1S/C34H31N5O11.C10H12O.C3H5N3.C2H6/c1-17-14-20(37-26(41)15-35-31(44)18-4-6-19(7-5-18)36-16-40)8-9-21(17)32(45)38-24-12-10-22(27(42)29(24)49-2)33(46)39-25-13-11-23(34(47)48)28(43)30(25)50-3;1-8(2)7-9-3-5-10(11)6-4-9;1-3-2-4-6-5-3;1-2/h4-14,16,42-43H,15H2,1-3H3,(H,35,44)(H,36,40)(H,37,41)(H,38,45)(H,39,46)(H,47,48);3-7,11H,1-2H3;2H,1H3,(H,4,5,6);1-2H3. The normalized spacial score (nSPS) is 9.80. The number of aromatic amines is 1. The molecule has 0 saturated heterocycles. The van der Waals surface area contributed by atoms with E-state index in [1.807, 2.05) is 46.8 Å². The first-order valence-corrected chi connectivity index (χ1v) is 20.9. The SMILES string of the molecule is CC.CC(C)=Cc1ccc(O)cc1.COc1c(NC(=O)c2ccc(NC(=O)c3ccc(NC(=O)CNC(=O)c4ccc(NC=O)cc4)cc3C)c(OC)c2O)ccc(C(=O)O)c1O.Cc1cn[nH]n1. The molecule has 362 valence electrons. The number of benzene rings is 5. The number of hydrogen-bond donors (Lipinski definition) is 10. The molecular formula is C49H54N8O12. The number of carboxylic acids is 1. The van der Waals surface area contributed by atoms with Gasteiger partial charge in [-0.1, -0.05) is 37.6 Å². The van der Waals surface area contributed by atoms with Crippen molar-refractivity contribution in [3.63, 3.8) is 0 Å². The second kappa shape index (κ2) is 26.7. The molecule has 0 aliphatic rings. The number of amides is 5. The molecule has 20 nitrogen and oxygen atoms in total. The number of ether oxygens (including phenoxy) is 2. The van der Waals surface area contributed by atoms with Gasteiger partial charge in [0.15, 0.2) is 23.0 Å². The number of aryl methyl sites for hydroxylation is 2. The molecule has 6 rings (SSSR count). The minimum absolute atomic E-state index is 0.0229. The number of nitrogens with one attached hydrogen (secondary N) is 6. The summed E-state index contributed by atoms with van der Waals surface area (Å²) in [5.41, 5.74) is 4.37. The minimum Gasteiger partial charge on any atom is -0.508 e. The predicted octanol–water partition coefficient (Wildman–Crippen LogP) is 7.52. The van der Waals surface area contributed by atoms with E-state index in [1.54, 1.807) is 31.3 Å². The number of methoxy groups -OCH3 is 2. The number of aromatic hydroxyl groups is 3. The van der Waals surface area contributed by atoms with Crippen LogP contribution in [-0.2, 0) is 9.59 Å². The monoisotopic (exact) mass is 946 g/mol. The van der Waals surface area contributed by atoms with Gasteiger partial charge in [0.25, 0.3) is 17.7 Å². The number of carboxylic acid groups (broad SMARTS) is 1. The number of phenols is 3. The molecule has 6 aromatic rings. The lowest BCUT2D eigenvalue weighted by Crippen LogP contribution is -2.32. The van der Waals surface area contributed by atoms with Gasteiger partial charge in [0.1, 0.15) is 11.3 Å². The maximum atomic E-state index is 13.2. The fourth-order valence-corrected chi connectivity index (χ4v) is 5.90. The van der Waals surface area contributed by atoms with Crippen molar-refractivity contribution in [2.75, 3.05) is 42.0 Å². The Morgan fingerprint density at radius 3 is 1.70 bits per heavy atom. The molecule has 5 aromatic carbocycles. The highest BCUT2D eigenvalue weighted by molar-refractivity contribution is 6.11. The number of aromatic carboxylic acids is 1. The van der Waals surface area contributed by atoms with Gasteiger partial charge in [0, 0.05) is 22.5 Å². The Kier molecular flexibility index (Phi) is 20.9. The maximum absolute atomic E-state index is 13.2. The largest absolute Gasteiger partial charge is 0.508 e. The summed E-state index contributed by atoms with van der Waals surface area (Å²) >= 11 is 0. The zero-order chi connectivity index (χ0) is 51.2. The van der Waals surface area contributed by atoms with Gasteiger partial charge in [-0.15, -0.1) is 0 Å². The summed E-state index contributed by atoms with van der Waals surface area (Å²) in [5, 5.41) is 61.6. The summed E-state index contributed by atoms with van der Waals surface area (Å²) in [4.78, 5) is 72.9. The zero-order valence-corrected chi connectivity index (χ0v) is 39.0. The lowest BCUT2D eigenvalue weighted by molar-refractivity contribution is -0.115. The summed E-state index contributed by atoms with van der Waals surface area (Å²) in [7, 11) is 2.38. The van der Waals surface area contributed by atoms with Crippen molar-refractivity contribution in [2.24, 2.45) is 0 Å². The average molecular weight is 947 g/mol. The molecule has 0 bridgehead atoms.